The fourth-order valence-corrected chi connectivity index (χ4v) is 2.83. The number of rotatable bonds is 4. The highest BCUT2D eigenvalue weighted by Gasteiger charge is 2.14. The van der Waals surface area contributed by atoms with Gasteiger partial charge in [-0.15, -0.1) is 0 Å². The van der Waals surface area contributed by atoms with Gasteiger partial charge in [-0.1, -0.05) is 0 Å². The van der Waals surface area contributed by atoms with Crippen LogP contribution in [0, 0.1) is 3.57 Å². The molecule has 3 rings (SSSR count). The fraction of sp³-hybridized carbons (Fsp3) is 0.250. The molecule has 0 saturated heterocycles. The molecule has 1 aromatic carbocycles. The number of hydrogen-bond donors (Lipinski definition) is 0. The lowest BCUT2D eigenvalue weighted by Gasteiger charge is -2.08. The Balaban J connectivity index is 1.78. The number of aryl methyl sites for hydroxylation is 1. The topological polar surface area (TPSA) is 88.1 Å². The SMILES string of the molecule is Cn1c(=O)c2c(ncn2CCOC(=O)c2ccc(I)cc2)n(C)c1=O. The molecule has 9 heteroatoms. The summed E-state index contributed by atoms with van der Waals surface area (Å²) < 4.78 is 10.2. The average Bonchev–Trinajstić information content (AvgIpc) is 3.02. The maximum absolute atomic E-state index is 12.3. The van der Waals surface area contributed by atoms with Crippen LogP contribution in [-0.2, 0) is 25.4 Å². The summed E-state index contributed by atoms with van der Waals surface area (Å²) in [5.74, 6) is -0.430. The lowest BCUT2D eigenvalue weighted by Crippen LogP contribution is -2.37. The Morgan fingerprint density at radius 2 is 1.84 bits per heavy atom. The van der Waals surface area contributed by atoms with Crippen molar-refractivity contribution in [3.63, 3.8) is 0 Å². The van der Waals surface area contributed by atoms with Gasteiger partial charge in [-0.25, -0.2) is 14.6 Å². The number of benzene rings is 1. The van der Waals surface area contributed by atoms with E-state index in [1.165, 1.54) is 17.9 Å². The van der Waals surface area contributed by atoms with Gasteiger partial charge < -0.3 is 9.30 Å². The first-order chi connectivity index (χ1) is 11.9. The molecular weight excluding hydrogens is 439 g/mol. The summed E-state index contributed by atoms with van der Waals surface area (Å²) in [5.41, 5.74) is 0.202. The smallest absolute Gasteiger partial charge is 0.338 e. The van der Waals surface area contributed by atoms with Crippen molar-refractivity contribution in [2.75, 3.05) is 6.61 Å². The number of carbonyl (C=O) groups excluding carboxylic acids is 1. The van der Waals surface area contributed by atoms with Crippen LogP contribution < -0.4 is 11.2 Å². The van der Waals surface area contributed by atoms with Gasteiger partial charge >= 0.3 is 11.7 Å². The molecule has 25 heavy (non-hydrogen) atoms. The third kappa shape index (κ3) is 3.23. The van der Waals surface area contributed by atoms with E-state index in [0.29, 0.717) is 16.7 Å². The van der Waals surface area contributed by atoms with Crippen LogP contribution in [0.25, 0.3) is 11.2 Å². The highest BCUT2D eigenvalue weighted by Crippen LogP contribution is 2.09. The minimum Gasteiger partial charge on any atom is -0.460 e. The van der Waals surface area contributed by atoms with Crippen molar-refractivity contribution < 1.29 is 9.53 Å². The standard InChI is InChI=1S/C16H15IN4O4/c1-19-13-12(14(22)20(2)16(19)24)21(9-18-13)7-8-25-15(23)10-3-5-11(17)6-4-10/h3-6,9H,7-8H2,1-2H3. The molecule has 2 heterocycles. The van der Waals surface area contributed by atoms with Crippen LogP contribution in [0.3, 0.4) is 0 Å². The molecule has 8 nitrogen and oxygen atoms in total. The predicted octanol–water partition coefficient (Wildman–Crippen LogP) is 0.895. The molecule has 0 fully saturated rings. The number of carbonyl (C=O) groups is 1. The van der Waals surface area contributed by atoms with Gasteiger partial charge in [-0.05, 0) is 46.9 Å². The van der Waals surface area contributed by atoms with Gasteiger partial charge in [0, 0.05) is 17.7 Å². The number of fused-ring (bicyclic) bond motifs is 1. The summed E-state index contributed by atoms with van der Waals surface area (Å²) in [5, 5.41) is 0. The monoisotopic (exact) mass is 454 g/mol. The first-order valence-corrected chi connectivity index (χ1v) is 8.51. The van der Waals surface area contributed by atoms with Crippen LogP contribution in [0.15, 0.2) is 40.2 Å². The third-order valence-electron chi connectivity index (χ3n) is 3.86. The van der Waals surface area contributed by atoms with Crippen molar-refractivity contribution >= 4 is 39.7 Å². The Hall–Kier alpha value is -2.43. The number of nitrogens with zero attached hydrogens (tertiary/aromatic N) is 4. The van der Waals surface area contributed by atoms with Gasteiger partial charge in [0.05, 0.1) is 18.4 Å². The molecule has 0 saturated carbocycles. The Kier molecular flexibility index (Phi) is 4.75. The zero-order valence-corrected chi connectivity index (χ0v) is 15.8. The average molecular weight is 454 g/mol. The minimum atomic E-state index is -0.437. The summed E-state index contributed by atoms with van der Waals surface area (Å²) in [7, 11) is 2.97. The van der Waals surface area contributed by atoms with Crippen molar-refractivity contribution in [1.82, 2.24) is 18.7 Å². The Labute approximate surface area is 155 Å². The van der Waals surface area contributed by atoms with E-state index in [2.05, 4.69) is 27.6 Å². The molecule has 0 aliphatic rings. The molecular formula is C16H15IN4O4. The largest absolute Gasteiger partial charge is 0.460 e. The molecule has 2 aromatic heterocycles. The number of imidazole rings is 1. The van der Waals surface area contributed by atoms with E-state index >= 15 is 0 Å². The number of ether oxygens (including phenoxy) is 1. The first-order valence-electron chi connectivity index (χ1n) is 7.43. The Morgan fingerprint density at radius 1 is 1.16 bits per heavy atom. The first kappa shape index (κ1) is 17.4. The highest BCUT2D eigenvalue weighted by atomic mass is 127. The van der Waals surface area contributed by atoms with Crippen LogP contribution in [0.1, 0.15) is 10.4 Å². The van der Waals surface area contributed by atoms with Gasteiger partial charge in [0.1, 0.15) is 6.61 Å². The Bertz CT molecular complexity index is 1060. The van der Waals surface area contributed by atoms with E-state index in [9.17, 15) is 14.4 Å². The number of esters is 1. The van der Waals surface area contributed by atoms with Crippen LogP contribution in [-0.4, -0.2) is 31.3 Å². The molecule has 0 spiro atoms. The third-order valence-corrected chi connectivity index (χ3v) is 4.58. The molecule has 0 radical (unpaired) electrons. The maximum Gasteiger partial charge on any atom is 0.338 e. The van der Waals surface area contributed by atoms with E-state index < -0.39 is 17.2 Å². The van der Waals surface area contributed by atoms with Gasteiger partial charge in [0.25, 0.3) is 5.56 Å². The van der Waals surface area contributed by atoms with Crippen LogP contribution in [0.2, 0.25) is 0 Å². The van der Waals surface area contributed by atoms with E-state index in [0.717, 1.165) is 8.14 Å². The number of aromatic nitrogens is 4. The van der Waals surface area contributed by atoms with Gasteiger partial charge in [0.15, 0.2) is 11.2 Å². The quantitative estimate of drug-likeness (QED) is 0.432. The molecule has 0 aliphatic carbocycles. The van der Waals surface area contributed by atoms with Crippen LogP contribution >= 0.6 is 22.6 Å². The van der Waals surface area contributed by atoms with E-state index in [-0.39, 0.29) is 13.2 Å². The van der Waals surface area contributed by atoms with E-state index in [4.69, 9.17) is 4.74 Å². The lowest BCUT2D eigenvalue weighted by molar-refractivity contribution is 0.0492. The van der Waals surface area contributed by atoms with Crippen molar-refractivity contribution in [2.45, 2.75) is 6.54 Å². The second-order valence-electron chi connectivity index (χ2n) is 5.46. The maximum atomic E-state index is 12.3. The van der Waals surface area contributed by atoms with Crippen LogP contribution in [0.4, 0.5) is 0 Å². The second-order valence-corrected chi connectivity index (χ2v) is 6.70. The summed E-state index contributed by atoms with van der Waals surface area (Å²) in [6, 6.07) is 7.04. The molecule has 0 amide bonds. The van der Waals surface area contributed by atoms with Gasteiger partial charge in [0.2, 0.25) is 0 Å². The predicted molar refractivity (Wildman–Crippen MR) is 99.7 cm³/mol. The van der Waals surface area contributed by atoms with E-state index in [1.54, 1.807) is 23.7 Å². The van der Waals surface area contributed by atoms with Gasteiger partial charge in [-0.3, -0.25) is 13.9 Å². The fourth-order valence-electron chi connectivity index (χ4n) is 2.47. The molecule has 130 valence electrons. The molecule has 3 aromatic rings. The zero-order valence-electron chi connectivity index (χ0n) is 13.6. The van der Waals surface area contributed by atoms with Gasteiger partial charge in [-0.2, -0.15) is 0 Å². The summed E-state index contributed by atoms with van der Waals surface area (Å²) in [6.45, 7) is 0.350. The molecule has 0 N–H and O–H groups in total. The van der Waals surface area contributed by atoms with Crippen molar-refractivity contribution in [1.29, 1.82) is 0 Å². The zero-order chi connectivity index (χ0) is 18.1. The summed E-state index contributed by atoms with van der Waals surface area (Å²) in [4.78, 5) is 40.3. The number of hydrogen-bond acceptors (Lipinski definition) is 5. The Morgan fingerprint density at radius 3 is 2.52 bits per heavy atom. The van der Waals surface area contributed by atoms with Crippen molar-refractivity contribution in [2.24, 2.45) is 14.1 Å². The van der Waals surface area contributed by atoms with Crippen LogP contribution in [0.5, 0.6) is 0 Å². The summed E-state index contributed by atoms with van der Waals surface area (Å²) >= 11 is 2.16. The van der Waals surface area contributed by atoms with Crippen molar-refractivity contribution in [3.05, 3.63) is 60.6 Å². The highest BCUT2D eigenvalue weighted by molar-refractivity contribution is 14.1. The minimum absolute atomic E-state index is 0.0856. The second kappa shape index (κ2) is 6.82. The molecule has 0 unspecified atom stereocenters. The van der Waals surface area contributed by atoms with E-state index in [1.807, 2.05) is 12.1 Å². The lowest BCUT2D eigenvalue weighted by atomic mass is 10.2. The molecule has 0 bridgehead atoms. The van der Waals surface area contributed by atoms with Crippen molar-refractivity contribution in [3.8, 4) is 0 Å². The normalized spacial score (nSPS) is 11.0. The molecule has 0 aliphatic heterocycles. The summed E-state index contributed by atoms with van der Waals surface area (Å²) in [6.07, 6.45) is 1.46. The number of halogens is 1. The molecule has 0 atom stereocenters.